The molecule has 12 heavy (non-hydrogen) atoms. The van der Waals surface area contributed by atoms with Crippen molar-refractivity contribution in [3.63, 3.8) is 0 Å². The number of esters is 1. The van der Waals surface area contributed by atoms with E-state index in [9.17, 15) is 9.59 Å². The highest BCUT2D eigenvalue weighted by Crippen LogP contribution is 1.86. The number of amides is 1. The Kier molecular flexibility index (Phi) is 4.71. The first-order valence-electron chi connectivity index (χ1n) is 3.27. The minimum Gasteiger partial charge on any atom is -0.467 e. The van der Waals surface area contributed by atoms with Crippen LogP contribution in [-0.2, 0) is 14.3 Å². The Morgan fingerprint density at radius 3 is 2.67 bits per heavy atom. The van der Waals surface area contributed by atoms with Gasteiger partial charge in [-0.1, -0.05) is 6.58 Å². The number of hydrogen-bond acceptors (Lipinski definition) is 4. The van der Waals surface area contributed by atoms with Crippen LogP contribution in [0.3, 0.4) is 0 Å². The first kappa shape index (κ1) is 10.6. The van der Waals surface area contributed by atoms with Crippen LogP contribution in [0.1, 0.15) is 0 Å². The van der Waals surface area contributed by atoms with Crippen molar-refractivity contribution in [2.75, 3.05) is 13.7 Å². The molecule has 0 aromatic rings. The summed E-state index contributed by atoms with van der Waals surface area (Å²) in [6.45, 7) is 2.69. The van der Waals surface area contributed by atoms with Crippen LogP contribution in [0.4, 0.5) is 0 Å². The summed E-state index contributed by atoms with van der Waals surface area (Å²) in [6, 6.07) is -1.01. The SMILES string of the molecule is C=CC(=O)NC(CO)C(=O)OC. The number of carbonyl (C=O) groups is 2. The smallest absolute Gasteiger partial charge is 0.330 e. The Morgan fingerprint density at radius 2 is 2.33 bits per heavy atom. The molecule has 0 aromatic heterocycles. The summed E-state index contributed by atoms with van der Waals surface area (Å²) in [7, 11) is 1.17. The predicted octanol–water partition coefficient (Wildman–Crippen LogP) is -1.18. The van der Waals surface area contributed by atoms with Crippen molar-refractivity contribution in [1.82, 2.24) is 5.32 Å². The molecule has 0 aromatic carbocycles. The van der Waals surface area contributed by atoms with Gasteiger partial charge in [-0.3, -0.25) is 4.79 Å². The number of ether oxygens (including phenoxy) is 1. The minimum atomic E-state index is -1.01. The van der Waals surface area contributed by atoms with Gasteiger partial charge < -0.3 is 15.2 Å². The number of rotatable bonds is 4. The number of aliphatic hydroxyl groups is 1. The largest absolute Gasteiger partial charge is 0.467 e. The molecule has 0 saturated heterocycles. The van der Waals surface area contributed by atoms with Gasteiger partial charge in [0.15, 0.2) is 6.04 Å². The fourth-order valence-electron chi connectivity index (χ4n) is 0.552. The van der Waals surface area contributed by atoms with E-state index in [0.717, 1.165) is 6.08 Å². The molecule has 5 heteroatoms. The van der Waals surface area contributed by atoms with Gasteiger partial charge in [0.2, 0.25) is 5.91 Å². The molecule has 0 bridgehead atoms. The lowest BCUT2D eigenvalue weighted by Crippen LogP contribution is -2.43. The summed E-state index contributed by atoms with van der Waals surface area (Å²) in [5.74, 6) is -1.22. The van der Waals surface area contributed by atoms with Crippen molar-refractivity contribution < 1.29 is 19.4 Å². The van der Waals surface area contributed by atoms with E-state index in [2.05, 4.69) is 16.6 Å². The molecule has 0 heterocycles. The normalized spacial score (nSPS) is 11.5. The minimum absolute atomic E-state index is 0.494. The molecule has 0 fully saturated rings. The maximum absolute atomic E-state index is 10.8. The molecule has 0 rings (SSSR count). The van der Waals surface area contributed by atoms with Crippen LogP contribution < -0.4 is 5.32 Å². The number of hydrogen-bond donors (Lipinski definition) is 2. The highest BCUT2D eigenvalue weighted by Gasteiger charge is 2.18. The summed E-state index contributed by atoms with van der Waals surface area (Å²) in [5.41, 5.74) is 0. The van der Waals surface area contributed by atoms with E-state index >= 15 is 0 Å². The molecule has 0 radical (unpaired) electrons. The first-order chi connectivity index (χ1) is 5.65. The highest BCUT2D eigenvalue weighted by molar-refractivity contribution is 5.91. The summed E-state index contributed by atoms with van der Waals surface area (Å²) in [6.07, 6.45) is 1.01. The van der Waals surface area contributed by atoms with Crippen molar-refractivity contribution in [3.05, 3.63) is 12.7 Å². The van der Waals surface area contributed by atoms with Crippen LogP contribution in [-0.4, -0.2) is 36.7 Å². The maximum atomic E-state index is 10.8. The molecule has 5 nitrogen and oxygen atoms in total. The van der Waals surface area contributed by atoms with Gasteiger partial charge in [0.25, 0.3) is 0 Å². The van der Waals surface area contributed by atoms with Crippen LogP contribution in [0.15, 0.2) is 12.7 Å². The number of carbonyl (C=O) groups excluding carboxylic acids is 2. The molecule has 0 spiro atoms. The molecule has 0 aliphatic rings. The summed E-state index contributed by atoms with van der Waals surface area (Å²) in [5, 5.41) is 10.8. The van der Waals surface area contributed by atoms with E-state index < -0.39 is 24.5 Å². The Morgan fingerprint density at radius 1 is 1.75 bits per heavy atom. The van der Waals surface area contributed by atoms with E-state index in [4.69, 9.17) is 5.11 Å². The number of nitrogens with one attached hydrogen (secondary N) is 1. The zero-order chi connectivity index (χ0) is 9.56. The van der Waals surface area contributed by atoms with Gasteiger partial charge in [0, 0.05) is 0 Å². The number of aliphatic hydroxyl groups excluding tert-OH is 1. The molecular formula is C7H11NO4. The standard InChI is InChI=1S/C7H11NO4/c1-3-6(10)8-5(4-9)7(11)12-2/h3,5,9H,1,4H2,2H3,(H,8,10). The van der Waals surface area contributed by atoms with Crippen molar-refractivity contribution in [3.8, 4) is 0 Å². The molecule has 68 valence electrons. The monoisotopic (exact) mass is 173 g/mol. The van der Waals surface area contributed by atoms with Crippen LogP contribution in [0.25, 0.3) is 0 Å². The second-order valence-corrected chi connectivity index (χ2v) is 1.97. The Bertz CT molecular complexity index is 190. The third-order valence-electron chi connectivity index (χ3n) is 1.17. The topological polar surface area (TPSA) is 75.6 Å². The quantitative estimate of drug-likeness (QED) is 0.414. The van der Waals surface area contributed by atoms with Crippen LogP contribution in [0, 0.1) is 0 Å². The van der Waals surface area contributed by atoms with E-state index in [1.54, 1.807) is 0 Å². The molecule has 1 amide bonds. The van der Waals surface area contributed by atoms with E-state index in [-0.39, 0.29) is 0 Å². The molecule has 1 atom stereocenters. The van der Waals surface area contributed by atoms with Gasteiger partial charge in [-0.15, -0.1) is 0 Å². The fourth-order valence-corrected chi connectivity index (χ4v) is 0.552. The van der Waals surface area contributed by atoms with Gasteiger partial charge in [0.05, 0.1) is 13.7 Å². The van der Waals surface area contributed by atoms with E-state index in [1.165, 1.54) is 7.11 Å². The van der Waals surface area contributed by atoms with Crippen LogP contribution in [0.2, 0.25) is 0 Å². The lowest BCUT2D eigenvalue weighted by molar-refractivity contribution is -0.145. The molecule has 0 aliphatic heterocycles. The fraction of sp³-hybridized carbons (Fsp3) is 0.429. The maximum Gasteiger partial charge on any atom is 0.330 e. The summed E-state index contributed by atoms with van der Waals surface area (Å²) in [4.78, 5) is 21.4. The van der Waals surface area contributed by atoms with Gasteiger partial charge in [-0.25, -0.2) is 4.79 Å². The molecule has 1 unspecified atom stereocenters. The highest BCUT2D eigenvalue weighted by atomic mass is 16.5. The average molecular weight is 173 g/mol. The second-order valence-electron chi connectivity index (χ2n) is 1.97. The lowest BCUT2D eigenvalue weighted by Gasteiger charge is -2.11. The molecule has 0 aliphatic carbocycles. The van der Waals surface area contributed by atoms with Crippen molar-refractivity contribution in [2.24, 2.45) is 0 Å². The van der Waals surface area contributed by atoms with Crippen molar-refractivity contribution >= 4 is 11.9 Å². The van der Waals surface area contributed by atoms with E-state index in [0.29, 0.717) is 0 Å². The van der Waals surface area contributed by atoms with Crippen LogP contribution in [0.5, 0.6) is 0 Å². The summed E-state index contributed by atoms with van der Waals surface area (Å²) >= 11 is 0. The Hall–Kier alpha value is -1.36. The van der Waals surface area contributed by atoms with Crippen molar-refractivity contribution in [1.29, 1.82) is 0 Å². The lowest BCUT2D eigenvalue weighted by atomic mass is 10.3. The third kappa shape index (κ3) is 3.16. The van der Waals surface area contributed by atoms with E-state index in [1.807, 2.05) is 0 Å². The molecule has 0 saturated carbocycles. The Balaban J connectivity index is 4.07. The predicted molar refractivity (Wildman–Crippen MR) is 41.2 cm³/mol. The third-order valence-corrected chi connectivity index (χ3v) is 1.17. The van der Waals surface area contributed by atoms with Crippen LogP contribution >= 0.6 is 0 Å². The zero-order valence-electron chi connectivity index (χ0n) is 6.74. The second kappa shape index (κ2) is 5.31. The first-order valence-corrected chi connectivity index (χ1v) is 3.27. The molecular weight excluding hydrogens is 162 g/mol. The summed E-state index contributed by atoms with van der Waals surface area (Å²) < 4.78 is 4.30. The van der Waals surface area contributed by atoms with Gasteiger partial charge in [-0.05, 0) is 6.08 Å². The van der Waals surface area contributed by atoms with Crippen molar-refractivity contribution in [2.45, 2.75) is 6.04 Å². The van der Waals surface area contributed by atoms with Gasteiger partial charge >= 0.3 is 5.97 Å². The Labute approximate surface area is 70.0 Å². The number of methoxy groups -OCH3 is 1. The van der Waals surface area contributed by atoms with Gasteiger partial charge in [0.1, 0.15) is 0 Å². The zero-order valence-corrected chi connectivity index (χ0v) is 6.74. The van der Waals surface area contributed by atoms with Gasteiger partial charge in [-0.2, -0.15) is 0 Å². The average Bonchev–Trinajstić information content (AvgIpc) is 2.12. The molecule has 2 N–H and O–H groups in total.